The van der Waals surface area contributed by atoms with E-state index in [1.54, 1.807) is 10.8 Å². The third-order valence-corrected chi connectivity index (χ3v) is 4.74. The van der Waals surface area contributed by atoms with Gasteiger partial charge in [0, 0.05) is 22.9 Å². The van der Waals surface area contributed by atoms with E-state index < -0.39 is 5.97 Å². The van der Waals surface area contributed by atoms with Crippen molar-refractivity contribution < 1.29 is 9.53 Å². The first-order chi connectivity index (χ1) is 14.8. The molecule has 0 saturated heterocycles. The van der Waals surface area contributed by atoms with Gasteiger partial charge in [0.2, 0.25) is 5.90 Å². The Morgan fingerprint density at radius 1 is 0.767 bits per heavy atom. The highest BCUT2D eigenvalue weighted by atomic mass is 16.6. The first kappa shape index (κ1) is 17.8. The summed E-state index contributed by atoms with van der Waals surface area (Å²) in [6, 6.07) is 29.1. The zero-order valence-electron chi connectivity index (χ0n) is 16.0. The highest BCUT2D eigenvalue weighted by Crippen LogP contribution is 2.27. The van der Waals surface area contributed by atoms with E-state index in [0.29, 0.717) is 5.90 Å². The van der Waals surface area contributed by atoms with Gasteiger partial charge in [-0.15, -0.1) is 0 Å². The molecule has 0 atom stereocenters. The number of ether oxygens (including phenoxy) is 1. The Morgan fingerprint density at radius 3 is 2.03 bits per heavy atom. The van der Waals surface area contributed by atoms with Crippen LogP contribution in [0.25, 0.3) is 23.0 Å². The van der Waals surface area contributed by atoms with Gasteiger partial charge in [0.1, 0.15) is 5.69 Å². The minimum Gasteiger partial charge on any atom is -0.402 e. The maximum atomic E-state index is 12.5. The van der Waals surface area contributed by atoms with Crippen molar-refractivity contribution in [1.29, 1.82) is 0 Å². The number of esters is 1. The average Bonchev–Trinajstić information content (AvgIpc) is 3.40. The topological polar surface area (TPSA) is 56.5 Å². The quantitative estimate of drug-likeness (QED) is 0.368. The van der Waals surface area contributed by atoms with E-state index in [1.807, 2.05) is 97.2 Å². The number of benzene rings is 3. The molecule has 0 aliphatic carbocycles. The van der Waals surface area contributed by atoms with Gasteiger partial charge >= 0.3 is 5.97 Å². The number of hydrogen-bond acceptors (Lipinski definition) is 4. The number of nitrogens with zero attached hydrogens (tertiary/aromatic N) is 3. The molecule has 30 heavy (non-hydrogen) atoms. The molecule has 0 bridgehead atoms. The monoisotopic (exact) mass is 391 g/mol. The molecule has 1 aromatic heterocycles. The van der Waals surface area contributed by atoms with Crippen molar-refractivity contribution in [3.63, 3.8) is 0 Å². The highest BCUT2D eigenvalue weighted by molar-refractivity contribution is 6.13. The summed E-state index contributed by atoms with van der Waals surface area (Å²) >= 11 is 0. The number of aliphatic imine (C=N–C) groups is 1. The van der Waals surface area contributed by atoms with Gasteiger partial charge in [-0.1, -0.05) is 66.7 Å². The molecule has 5 heteroatoms. The van der Waals surface area contributed by atoms with E-state index >= 15 is 0 Å². The summed E-state index contributed by atoms with van der Waals surface area (Å²) in [6.45, 7) is 0. The van der Waals surface area contributed by atoms with Crippen LogP contribution in [0.4, 0.5) is 0 Å². The predicted octanol–water partition coefficient (Wildman–Crippen LogP) is 4.88. The molecule has 0 spiro atoms. The molecular formula is C25H17N3O2. The summed E-state index contributed by atoms with van der Waals surface area (Å²) < 4.78 is 7.19. The van der Waals surface area contributed by atoms with Crippen molar-refractivity contribution >= 4 is 17.9 Å². The minimum atomic E-state index is -0.472. The summed E-state index contributed by atoms with van der Waals surface area (Å²) in [5.41, 5.74) is 4.45. The van der Waals surface area contributed by atoms with Crippen LogP contribution in [0.1, 0.15) is 11.1 Å². The van der Waals surface area contributed by atoms with Gasteiger partial charge in [-0.05, 0) is 30.3 Å². The van der Waals surface area contributed by atoms with Crippen molar-refractivity contribution in [2.45, 2.75) is 0 Å². The third-order valence-electron chi connectivity index (χ3n) is 4.74. The van der Waals surface area contributed by atoms with Crippen molar-refractivity contribution in [2.75, 3.05) is 0 Å². The maximum absolute atomic E-state index is 12.5. The molecular weight excluding hydrogens is 374 g/mol. The van der Waals surface area contributed by atoms with Crippen molar-refractivity contribution in [2.24, 2.45) is 4.99 Å². The molecule has 5 nitrogen and oxygen atoms in total. The zero-order chi connectivity index (χ0) is 20.3. The summed E-state index contributed by atoms with van der Waals surface area (Å²) in [7, 11) is 0. The van der Waals surface area contributed by atoms with Gasteiger partial charge in [0.25, 0.3) is 0 Å². The van der Waals surface area contributed by atoms with Crippen LogP contribution in [0.5, 0.6) is 0 Å². The number of aromatic nitrogens is 2. The van der Waals surface area contributed by atoms with Crippen LogP contribution in [0, 0.1) is 0 Å². The largest absolute Gasteiger partial charge is 0.402 e. The van der Waals surface area contributed by atoms with E-state index in [1.165, 1.54) is 0 Å². The molecule has 0 unspecified atom stereocenters. The van der Waals surface area contributed by atoms with E-state index in [2.05, 4.69) is 4.99 Å². The Kier molecular flexibility index (Phi) is 4.54. The predicted molar refractivity (Wildman–Crippen MR) is 116 cm³/mol. The second-order valence-electron chi connectivity index (χ2n) is 6.78. The second-order valence-corrected chi connectivity index (χ2v) is 6.78. The molecule has 1 aliphatic rings. The van der Waals surface area contributed by atoms with E-state index in [9.17, 15) is 4.79 Å². The van der Waals surface area contributed by atoms with Crippen molar-refractivity contribution in [3.8, 4) is 16.9 Å². The lowest BCUT2D eigenvalue weighted by atomic mass is 10.1. The van der Waals surface area contributed by atoms with Crippen molar-refractivity contribution in [1.82, 2.24) is 9.78 Å². The van der Waals surface area contributed by atoms with Crippen LogP contribution < -0.4 is 0 Å². The van der Waals surface area contributed by atoms with Crippen LogP contribution in [0.15, 0.2) is 108 Å². The highest BCUT2D eigenvalue weighted by Gasteiger charge is 2.25. The Balaban J connectivity index is 1.60. The van der Waals surface area contributed by atoms with Gasteiger partial charge in [-0.3, -0.25) is 0 Å². The maximum Gasteiger partial charge on any atom is 0.363 e. The fraction of sp³-hybridized carbons (Fsp3) is 0. The average molecular weight is 391 g/mol. The molecule has 0 N–H and O–H groups in total. The SMILES string of the molecule is O=C1OC(c2ccccc2)=N/C1=C/c1cn(-c2ccccc2)nc1-c1ccccc1. The summed E-state index contributed by atoms with van der Waals surface area (Å²) in [5.74, 6) is -0.163. The fourth-order valence-electron chi connectivity index (χ4n) is 3.29. The Morgan fingerprint density at radius 2 is 1.37 bits per heavy atom. The molecule has 144 valence electrons. The Hall–Kier alpha value is -4.25. The van der Waals surface area contributed by atoms with Gasteiger partial charge in [-0.25, -0.2) is 14.5 Å². The van der Waals surface area contributed by atoms with Gasteiger partial charge in [0.05, 0.1) is 5.69 Å². The standard InChI is InChI=1S/C25H17N3O2/c29-25-22(26-24(30-25)19-12-6-2-7-13-19)16-20-17-28(21-14-8-3-9-15-21)27-23(20)18-10-4-1-5-11-18/h1-17H/b22-16+. The van der Waals surface area contributed by atoms with Crippen LogP contribution in [-0.2, 0) is 9.53 Å². The van der Waals surface area contributed by atoms with Gasteiger partial charge in [-0.2, -0.15) is 5.10 Å². The van der Waals surface area contributed by atoms with Crippen molar-refractivity contribution in [3.05, 3.63) is 114 Å². The normalized spacial score (nSPS) is 14.6. The summed E-state index contributed by atoms with van der Waals surface area (Å²) in [4.78, 5) is 16.9. The first-order valence-corrected chi connectivity index (χ1v) is 9.56. The number of para-hydroxylation sites is 1. The van der Waals surface area contributed by atoms with E-state index in [4.69, 9.17) is 9.84 Å². The fourth-order valence-corrected chi connectivity index (χ4v) is 3.29. The number of carbonyl (C=O) groups excluding carboxylic acids is 1. The Bertz CT molecular complexity index is 1260. The first-order valence-electron chi connectivity index (χ1n) is 9.56. The second kappa shape index (κ2) is 7.64. The number of carbonyl (C=O) groups is 1. The third kappa shape index (κ3) is 3.44. The molecule has 1 aliphatic heterocycles. The van der Waals surface area contributed by atoms with E-state index in [0.717, 1.165) is 28.1 Å². The molecule has 0 radical (unpaired) electrons. The Labute approximate surface area is 173 Å². The smallest absolute Gasteiger partial charge is 0.363 e. The molecule has 0 fully saturated rings. The summed E-state index contributed by atoms with van der Waals surface area (Å²) in [6.07, 6.45) is 3.63. The van der Waals surface area contributed by atoms with Gasteiger partial charge < -0.3 is 4.74 Å². The number of hydrogen-bond donors (Lipinski definition) is 0. The van der Waals surface area contributed by atoms with Crippen LogP contribution >= 0.6 is 0 Å². The molecule has 0 amide bonds. The summed E-state index contributed by atoms with van der Waals surface area (Å²) in [5, 5.41) is 4.77. The van der Waals surface area contributed by atoms with Crippen LogP contribution in [0.3, 0.4) is 0 Å². The lowest BCUT2D eigenvalue weighted by Gasteiger charge is -2.00. The molecule has 2 heterocycles. The molecule has 5 rings (SSSR count). The minimum absolute atomic E-state index is 0.249. The van der Waals surface area contributed by atoms with E-state index in [-0.39, 0.29) is 5.70 Å². The molecule has 3 aromatic carbocycles. The van der Waals surface area contributed by atoms with Crippen LogP contribution in [-0.4, -0.2) is 21.6 Å². The lowest BCUT2D eigenvalue weighted by Crippen LogP contribution is -2.04. The lowest BCUT2D eigenvalue weighted by molar-refractivity contribution is -0.129. The zero-order valence-corrected chi connectivity index (χ0v) is 16.0. The number of cyclic esters (lactones) is 1. The number of rotatable bonds is 4. The van der Waals surface area contributed by atoms with Gasteiger partial charge in [0.15, 0.2) is 5.70 Å². The van der Waals surface area contributed by atoms with Crippen LogP contribution in [0.2, 0.25) is 0 Å². The molecule has 4 aromatic rings. The molecule has 0 saturated carbocycles.